The molecule has 0 amide bonds. The molecule has 3 aromatic rings. The lowest BCUT2D eigenvalue weighted by molar-refractivity contribution is -0.344. The number of carboxylic acid groups (broad SMARTS) is 1. The Morgan fingerprint density at radius 1 is 0.881 bits per heavy atom. The van der Waals surface area contributed by atoms with Crippen LogP contribution < -0.4 is 21.0 Å². The fourth-order valence-electron chi connectivity index (χ4n) is 5.13. The van der Waals surface area contributed by atoms with E-state index in [1.807, 2.05) is 6.92 Å². The third-order valence-corrected chi connectivity index (χ3v) is 11.8. The summed E-state index contributed by atoms with van der Waals surface area (Å²) in [5.74, 6) is -2.72. The van der Waals surface area contributed by atoms with Crippen LogP contribution in [0.25, 0.3) is 0 Å². The van der Waals surface area contributed by atoms with Gasteiger partial charge in [-0.3, -0.25) is 4.79 Å². The molecular formula is C35H36F3O3P. The van der Waals surface area contributed by atoms with Gasteiger partial charge in [-0.1, -0.05) is 86.2 Å². The molecule has 4 rings (SSSR count). The fourth-order valence-corrected chi connectivity index (χ4v) is 9.26. The number of carbonyl (C=O) groups excluding carboxylic acids is 2. The average Bonchev–Trinajstić information content (AvgIpc) is 2.97. The van der Waals surface area contributed by atoms with E-state index in [-0.39, 0.29) is 11.2 Å². The van der Waals surface area contributed by atoms with Gasteiger partial charge < -0.3 is 9.90 Å². The first-order valence-corrected chi connectivity index (χ1v) is 15.7. The molecule has 0 heterocycles. The zero-order valence-corrected chi connectivity index (χ0v) is 25.2. The molecule has 0 bridgehead atoms. The minimum absolute atomic E-state index is 0.0314. The van der Waals surface area contributed by atoms with E-state index < -0.39 is 19.4 Å². The van der Waals surface area contributed by atoms with Gasteiger partial charge in [-0.05, 0) is 79.3 Å². The quantitative estimate of drug-likeness (QED) is 0.233. The highest BCUT2D eigenvalue weighted by Crippen LogP contribution is 2.55. The monoisotopic (exact) mass is 592 g/mol. The molecule has 0 atom stereocenters. The maximum atomic E-state index is 12.4. The van der Waals surface area contributed by atoms with Gasteiger partial charge in [0.05, 0.1) is 6.16 Å². The number of hydrogen-bond donors (Lipinski definition) is 0. The van der Waals surface area contributed by atoms with Crippen molar-refractivity contribution in [1.82, 2.24) is 0 Å². The lowest BCUT2D eigenvalue weighted by Crippen LogP contribution is -2.37. The van der Waals surface area contributed by atoms with Crippen molar-refractivity contribution in [2.24, 2.45) is 5.41 Å². The number of allylic oxidation sites excluding steroid dienone is 6. The zero-order chi connectivity index (χ0) is 31.0. The molecule has 0 radical (unpaired) electrons. The molecule has 3 aromatic carbocycles. The summed E-state index contributed by atoms with van der Waals surface area (Å²) in [7, 11) is -1.89. The van der Waals surface area contributed by atoms with Crippen molar-refractivity contribution in [2.75, 3.05) is 6.16 Å². The number of aliphatic carboxylic acids is 1. The molecule has 0 aromatic heterocycles. The number of ketones is 1. The van der Waals surface area contributed by atoms with Crippen LogP contribution in [0.4, 0.5) is 13.2 Å². The Morgan fingerprint density at radius 2 is 1.29 bits per heavy atom. The normalized spacial score (nSPS) is 15.8. The van der Waals surface area contributed by atoms with E-state index in [2.05, 4.69) is 130 Å². The second-order valence-corrected chi connectivity index (χ2v) is 14.4. The number of carboxylic acids is 1. The first kappa shape index (κ1) is 32.8. The molecule has 0 saturated carbocycles. The van der Waals surface area contributed by atoms with Crippen LogP contribution in [0.3, 0.4) is 0 Å². The van der Waals surface area contributed by atoms with Crippen molar-refractivity contribution < 1.29 is 27.9 Å². The van der Waals surface area contributed by atoms with Gasteiger partial charge in [0.15, 0.2) is 5.78 Å². The first-order chi connectivity index (χ1) is 19.8. The van der Waals surface area contributed by atoms with Crippen LogP contribution in [-0.4, -0.2) is 24.1 Å². The predicted octanol–water partition coefficient (Wildman–Crippen LogP) is 6.49. The smallest absolute Gasteiger partial charge is 0.430 e. The summed E-state index contributed by atoms with van der Waals surface area (Å²) in [4.78, 5) is 21.1. The van der Waals surface area contributed by atoms with Gasteiger partial charge >= 0.3 is 6.18 Å². The van der Waals surface area contributed by atoms with Gasteiger partial charge in [-0.25, -0.2) is 0 Å². The van der Waals surface area contributed by atoms with E-state index in [1.54, 1.807) is 0 Å². The summed E-state index contributed by atoms with van der Waals surface area (Å²) in [5, 5.41) is 13.0. The van der Waals surface area contributed by atoms with Crippen molar-refractivity contribution in [3.63, 3.8) is 0 Å². The van der Waals surface area contributed by atoms with E-state index in [9.17, 15) is 18.0 Å². The molecule has 0 aliphatic heterocycles. The highest BCUT2D eigenvalue weighted by molar-refractivity contribution is 7.95. The van der Waals surface area contributed by atoms with Crippen molar-refractivity contribution >= 4 is 34.9 Å². The Bertz CT molecular complexity index is 1360. The predicted molar refractivity (Wildman–Crippen MR) is 165 cm³/mol. The van der Waals surface area contributed by atoms with Gasteiger partial charge in [0.25, 0.3) is 0 Å². The third kappa shape index (κ3) is 7.95. The largest absolute Gasteiger partial charge is 0.542 e. The molecular weight excluding hydrogens is 556 g/mol. The maximum Gasteiger partial charge on any atom is 0.430 e. The van der Waals surface area contributed by atoms with Gasteiger partial charge in [-0.2, -0.15) is 13.2 Å². The summed E-state index contributed by atoms with van der Waals surface area (Å²) in [6.45, 7) is 8.66. The highest BCUT2D eigenvalue weighted by Gasteiger charge is 2.44. The van der Waals surface area contributed by atoms with Crippen LogP contribution in [0.1, 0.15) is 40.5 Å². The summed E-state index contributed by atoms with van der Waals surface area (Å²) < 4.78 is 31.5. The number of carbonyl (C=O) groups is 2. The Labute approximate surface area is 246 Å². The molecule has 0 spiro atoms. The molecule has 42 heavy (non-hydrogen) atoms. The lowest BCUT2D eigenvalue weighted by atomic mass is 9.72. The number of alkyl halides is 3. The second-order valence-electron chi connectivity index (χ2n) is 10.9. The van der Waals surface area contributed by atoms with E-state index in [1.165, 1.54) is 27.1 Å². The Balaban J connectivity index is 0.000000616. The van der Waals surface area contributed by atoms with Gasteiger partial charge in [0, 0.05) is 6.42 Å². The van der Waals surface area contributed by atoms with Crippen LogP contribution in [0, 0.1) is 5.41 Å². The molecule has 0 N–H and O–H groups in total. The van der Waals surface area contributed by atoms with Crippen molar-refractivity contribution in [2.45, 2.75) is 46.7 Å². The molecule has 7 heteroatoms. The molecule has 1 aliphatic rings. The first-order valence-electron chi connectivity index (χ1n) is 13.7. The van der Waals surface area contributed by atoms with E-state index in [0.717, 1.165) is 18.2 Å². The average molecular weight is 593 g/mol. The molecule has 0 saturated heterocycles. The van der Waals surface area contributed by atoms with Crippen LogP contribution in [-0.2, 0) is 9.59 Å². The van der Waals surface area contributed by atoms with Crippen molar-refractivity contribution in [1.29, 1.82) is 0 Å². The van der Waals surface area contributed by atoms with Crippen LogP contribution in [0.2, 0.25) is 0 Å². The minimum atomic E-state index is -5.19. The molecule has 220 valence electrons. The number of hydrogen-bond acceptors (Lipinski definition) is 3. The summed E-state index contributed by atoms with van der Waals surface area (Å²) in [5.41, 5.74) is 3.36. The van der Waals surface area contributed by atoms with Crippen molar-refractivity contribution in [3.05, 3.63) is 126 Å². The van der Waals surface area contributed by atoms with E-state index >= 15 is 0 Å². The Kier molecular flexibility index (Phi) is 10.9. The second kappa shape index (κ2) is 13.9. The maximum absolute atomic E-state index is 12.4. The SMILES string of the molecule is CC(C=CC1=C(C)C(=O)CCC1(C)C)=CC[P+](c1ccccc1)(c1ccccc1)c1ccccc1.O=C([O-])C(F)(F)F. The van der Waals surface area contributed by atoms with Crippen molar-refractivity contribution in [3.8, 4) is 0 Å². The van der Waals surface area contributed by atoms with Gasteiger partial charge in [0.2, 0.25) is 0 Å². The van der Waals surface area contributed by atoms with Gasteiger partial charge in [0.1, 0.15) is 29.1 Å². The van der Waals surface area contributed by atoms with E-state index in [4.69, 9.17) is 9.90 Å². The third-order valence-electron chi connectivity index (χ3n) is 7.55. The Hall–Kier alpha value is -3.76. The number of halogens is 3. The van der Waals surface area contributed by atoms with Gasteiger partial charge in [-0.15, -0.1) is 0 Å². The molecule has 1 aliphatic carbocycles. The molecule has 0 unspecified atom stereocenters. The van der Waals surface area contributed by atoms with Crippen LogP contribution >= 0.6 is 7.26 Å². The summed E-state index contributed by atoms with van der Waals surface area (Å²) in [6.07, 6.45) is 4.10. The minimum Gasteiger partial charge on any atom is -0.542 e. The lowest BCUT2D eigenvalue weighted by Gasteiger charge is -2.32. The standard InChI is InChI=1S/C33H36OP.C2HF3O2/c1-26(20-21-31-27(2)32(34)22-24-33(31,3)4)23-25-35(28-14-8-5-9-15-28,29-16-10-6-11-17-29)30-18-12-7-13-19-30;3-2(4,5)1(6)7/h5-21,23H,22,24-25H2,1-4H3;(H,6,7)/q+1;/p-1. The fraction of sp³-hybridized carbons (Fsp3) is 0.257. The summed E-state index contributed by atoms with van der Waals surface area (Å²) in [6, 6.07) is 33.0. The molecule has 3 nitrogen and oxygen atoms in total. The van der Waals surface area contributed by atoms with Crippen LogP contribution in [0.5, 0.6) is 0 Å². The zero-order valence-electron chi connectivity index (χ0n) is 24.3. The topological polar surface area (TPSA) is 57.2 Å². The molecule has 0 fully saturated rings. The Morgan fingerprint density at radius 3 is 1.67 bits per heavy atom. The number of Topliss-reactive ketones (excluding diaryl/α,β-unsaturated/α-hetero) is 1. The summed E-state index contributed by atoms with van der Waals surface area (Å²) >= 11 is 0. The van der Waals surface area contributed by atoms with E-state index in [0.29, 0.717) is 6.42 Å². The number of benzene rings is 3. The highest BCUT2D eigenvalue weighted by atomic mass is 31.2. The number of rotatable bonds is 7. The van der Waals surface area contributed by atoms with Crippen LogP contribution in [0.15, 0.2) is 126 Å².